The normalized spacial score (nSPS) is 11.9. The maximum absolute atomic E-state index is 12.6. The first kappa shape index (κ1) is 21.9. The minimum atomic E-state index is -3.79. The van der Waals surface area contributed by atoms with Crippen molar-refractivity contribution in [1.82, 2.24) is 14.5 Å². The van der Waals surface area contributed by atoms with E-state index in [1.807, 2.05) is 16.7 Å². The topological polar surface area (TPSA) is 98.3 Å². The number of benzene rings is 1. The number of carbonyl (C=O) groups is 1. The van der Waals surface area contributed by atoms with Gasteiger partial charge in [-0.25, -0.2) is 18.5 Å². The Labute approximate surface area is 182 Å². The molecule has 0 saturated heterocycles. The maximum atomic E-state index is 12.6. The fraction of sp³-hybridized carbons (Fsp3) is 0.368. The molecule has 0 aliphatic carbocycles. The molecule has 0 atom stereocenters. The monoisotopic (exact) mass is 498 g/mol. The lowest BCUT2D eigenvalue weighted by Gasteiger charge is -2.16. The summed E-state index contributed by atoms with van der Waals surface area (Å²) in [6.07, 6.45) is 1.71. The van der Waals surface area contributed by atoms with E-state index in [-0.39, 0.29) is 10.8 Å². The van der Waals surface area contributed by atoms with Crippen LogP contribution in [0, 0.1) is 0 Å². The van der Waals surface area contributed by atoms with Crippen molar-refractivity contribution in [2.45, 2.75) is 44.2 Å². The summed E-state index contributed by atoms with van der Waals surface area (Å²) in [7, 11) is -1.99. The summed E-state index contributed by atoms with van der Waals surface area (Å²) in [6, 6.07) is 8.68. The standard InChI is InChI=1S/C19H23BrN4O3S2/c1-3-10-24-16-6-5-14(29(21,26)27)11-15(16)22-18(24)8-9-19(25)23(2)12-13-4-7-17(20)28-13/h4-7,11H,3,8-10,12H2,1-2H3,(H2,21,26,27). The minimum Gasteiger partial charge on any atom is -0.341 e. The number of sulfonamides is 1. The zero-order valence-electron chi connectivity index (χ0n) is 16.3. The Morgan fingerprint density at radius 3 is 2.69 bits per heavy atom. The van der Waals surface area contributed by atoms with Crippen molar-refractivity contribution in [3.05, 3.63) is 44.8 Å². The number of aryl methyl sites for hydroxylation is 2. The number of carbonyl (C=O) groups excluding carboxylic acids is 1. The molecule has 0 radical (unpaired) electrons. The lowest BCUT2D eigenvalue weighted by atomic mass is 10.2. The van der Waals surface area contributed by atoms with E-state index in [0.717, 1.165) is 33.0 Å². The number of hydrogen-bond donors (Lipinski definition) is 1. The van der Waals surface area contributed by atoms with Gasteiger partial charge in [0.1, 0.15) is 5.82 Å². The van der Waals surface area contributed by atoms with E-state index in [4.69, 9.17) is 5.14 Å². The number of rotatable bonds is 8. The summed E-state index contributed by atoms with van der Waals surface area (Å²) in [4.78, 5) is 20.0. The average Bonchev–Trinajstić information content (AvgIpc) is 3.22. The van der Waals surface area contributed by atoms with Gasteiger partial charge in [0.25, 0.3) is 0 Å². The molecular formula is C19H23BrN4O3S2. The van der Waals surface area contributed by atoms with Crippen LogP contribution in [0.25, 0.3) is 11.0 Å². The molecule has 29 heavy (non-hydrogen) atoms. The Morgan fingerprint density at radius 1 is 1.31 bits per heavy atom. The number of imidazole rings is 1. The van der Waals surface area contributed by atoms with Gasteiger partial charge in [0.2, 0.25) is 15.9 Å². The Kier molecular flexibility index (Phi) is 6.77. The van der Waals surface area contributed by atoms with Gasteiger partial charge >= 0.3 is 0 Å². The predicted octanol–water partition coefficient (Wildman–Crippen LogP) is 3.51. The quantitative estimate of drug-likeness (QED) is 0.513. The molecule has 2 N–H and O–H groups in total. The molecule has 0 unspecified atom stereocenters. The van der Waals surface area contributed by atoms with Gasteiger partial charge in [0, 0.05) is 31.3 Å². The molecule has 0 saturated carbocycles. The minimum absolute atomic E-state index is 0.0369. The molecule has 156 valence electrons. The fourth-order valence-corrected chi connectivity index (χ4v) is 5.24. The molecule has 10 heteroatoms. The van der Waals surface area contributed by atoms with Crippen molar-refractivity contribution in [2.24, 2.45) is 5.14 Å². The van der Waals surface area contributed by atoms with Gasteiger partial charge in [-0.3, -0.25) is 4.79 Å². The van der Waals surface area contributed by atoms with Crippen LogP contribution in [0.5, 0.6) is 0 Å². The van der Waals surface area contributed by atoms with Crippen LogP contribution in [0.1, 0.15) is 30.5 Å². The van der Waals surface area contributed by atoms with Crippen molar-refractivity contribution < 1.29 is 13.2 Å². The number of nitrogens with two attached hydrogens (primary N) is 1. The molecule has 0 spiro atoms. The number of thiophene rings is 1. The fourth-order valence-electron chi connectivity index (χ4n) is 3.17. The smallest absolute Gasteiger partial charge is 0.238 e. The second-order valence-corrected chi connectivity index (χ2v) is 10.9. The van der Waals surface area contributed by atoms with E-state index in [0.29, 0.717) is 24.9 Å². The van der Waals surface area contributed by atoms with Crippen LogP contribution >= 0.6 is 27.3 Å². The zero-order chi connectivity index (χ0) is 21.2. The van der Waals surface area contributed by atoms with Gasteiger partial charge in [-0.15, -0.1) is 11.3 Å². The molecule has 3 rings (SSSR count). The van der Waals surface area contributed by atoms with Gasteiger partial charge in [0.15, 0.2) is 0 Å². The highest BCUT2D eigenvalue weighted by Crippen LogP contribution is 2.24. The summed E-state index contributed by atoms with van der Waals surface area (Å²) in [6.45, 7) is 3.37. The highest BCUT2D eigenvalue weighted by Gasteiger charge is 2.17. The largest absolute Gasteiger partial charge is 0.341 e. The molecule has 0 aliphatic rings. The summed E-state index contributed by atoms with van der Waals surface area (Å²) < 4.78 is 26.3. The molecule has 1 amide bonds. The van der Waals surface area contributed by atoms with Crippen LogP contribution in [0.4, 0.5) is 0 Å². The number of primary sulfonamides is 1. The predicted molar refractivity (Wildman–Crippen MR) is 118 cm³/mol. The molecule has 2 heterocycles. The Hall–Kier alpha value is -1.75. The Bertz CT molecular complexity index is 1140. The molecule has 7 nitrogen and oxygen atoms in total. The van der Waals surface area contributed by atoms with E-state index < -0.39 is 10.0 Å². The van der Waals surface area contributed by atoms with Gasteiger partial charge in [0.05, 0.1) is 26.3 Å². The first-order valence-electron chi connectivity index (χ1n) is 9.19. The summed E-state index contributed by atoms with van der Waals surface area (Å²) >= 11 is 5.05. The number of amides is 1. The lowest BCUT2D eigenvalue weighted by molar-refractivity contribution is -0.130. The van der Waals surface area contributed by atoms with Gasteiger partial charge < -0.3 is 9.47 Å². The van der Waals surface area contributed by atoms with Crippen LogP contribution in [-0.2, 0) is 34.3 Å². The van der Waals surface area contributed by atoms with Crippen LogP contribution < -0.4 is 5.14 Å². The second kappa shape index (κ2) is 8.95. The van der Waals surface area contributed by atoms with Crippen LogP contribution in [0.15, 0.2) is 39.0 Å². The highest BCUT2D eigenvalue weighted by atomic mass is 79.9. The molecule has 2 aromatic heterocycles. The van der Waals surface area contributed by atoms with E-state index in [1.165, 1.54) is 12.1 Å². The molecule has 0 aliphatic heterocycles. The number of aromatic nitrogens is 2. The Balaban J connectivity index is 1.77. The second-order valence-electron chi connectivity index (χ2n) is 6.83. The van der Waals surface area contributed by atoms with Gasteiger partial charge in [-0.05, 0) is 52.7 Å². The van der Waals surface area contributed by atoms with E-state index >= 15 is 0 Å². The summed E-state index contributed by atoms with van der Waals surface area (Å²) in [5, 5.41) is 5.23. The molecule has 0 fully saturated rings. The highest BCUT2D eigenvalue weighted by molar-refractivity contribution is 9.11. The first-order chi connectivity index (χ1) is 13.7. The SMILES string of the molecule is CCCn1c(CCC(=O)N(C)Cc2ccc(Br)s2)nc2cc(S(N)(=O)=O)ccc21. The van der Waals surface area contributed by atoms with Gasteiger partial charge in [-0.2, -0.15) is 0 Å². The third-order valence-corrected chi connectivity index (χ3v) is 7.10. The molecular weight excluding hydrogens is 476 g/mol. The Morgan fingerprint density at radius 2 is 2.07 bits per heavy atom. The van der Waals surface area contributed by atoms with Crippen LogP contribution in [-0.4, -0.2) is 35.8 Å². The maximum Gasteiger partial charge on any atom is 0.238 e. The number of hydrogen-bond acceptors (Lipinski definition) is 5. The van der Waals surface area contributed by atoms with Crippen LogP contribution in [0.3, 0.4) is 0 Å². The third-order valence-electron chi connectivity index (χ3n) is 4.58. The summed E-state index contributed by atoms with van der Waals surface area (Å²) in [5.74, 6) is 0.809. The summed E-state index contributed by atoms with van der Waals surface area (Å²) in [5.41, 5.74) is 1.42. The van der Waals surface area contributed by atoms with E-state index in [9.17, 15) is 13.2 Å². The molecule has 0 bridgehead atoms. The van der Waals surface area contributed by atoms with Crippen molar-refractivity contribution in [3.63, 3.8) is 0 Å². The zero-order valence-corrected chi connectivity index (χ0v) is 19.5. The van der Waals surface area contributed by atoms with Crippen LogP contribution in [0.2, 0.25) is 0 Å². The molecule has 3 aromatic rings. The third kappa shape index (κ3) is 5.25. The number of nitrogens with zero attached hydrogens (tertiary/aromatic N) is 3. The van der Waals surface area contributed by atoms with Crippen molar-refractivity contribution >= 4 is 54.2 Å². The first-order valence-corrected chi connectivity index (χ1v) is 12.3. The molecule has 1 aromatic carbocycles. The lowest BCUT2D eigenvalue weighted by Crippen LogP contribution is -2.26. The number of fused-ring (bicyclic) bond motifs is 1. The van der Waals surface area contributed by atoms with Gasteiger partial charge in [-0.1, -0.05) is 6.92 Å². The van der Waals surface area contributed by atoms with E-state index in [2.05, 4.69) is 27.8 Å². The van der Waals surface area contributed by atoms with Crippen molar-refractivity contribution in [3.8, 4) is 0 Å². The van der Waals surface area contributed by atoms with Crippen molar-refractivity contribution in [1.29, 1.82) is 0 Å². The number of halogens is 1. The van der Waals surface area contributed by atoms with E-state index in [1.54, 1.807) is 29.4 Å². The average molecular weight is 499 g/mol. The van der Waals surface area contributed by atoms with Crippen molar-refractivity contribution in [2.75, 3.05) is 7.05 Å².